The highest BCUT2D eigenvalue weighted by Gasteiger charge is 2.36. The Hall–Kier alpha value is -1.31. The van der Waals surface area contributed by atoms with Crippen molar-refractivity contribution in [3.63, 3.8) is 0 Å². The Kier molecular flexibility index (Phi) is 2.29. The number of hydrogen-bond donors (Lipinski definition) is 1. The Morgan fingerprint density at radius 2 is 2.13 bits per heavy atom. The Balaban J connectivity index is 2.38. The predicted molar refractivity (Wildman–Crippen MR) is 60.6 cm³/mol. The zero-order chi connectivity index (χ0) is 11.1. The van der Waals surface area contributed by atoms with Crippen molar-refractivity contribution in [3.05, 3.63) is 35.4 Å². The van der Waals surface area contributed by atoms with Crippen molar-refractivity contribution in [1.29, 1.82) is 0 Å². The second-order valence-corrected chi connectivity index (χ2v) is 5.04. The van der Waals surface area contributed by atoms with Gasteiger partial charge in [0.15, 0.2) is 0 Å². The van der Waals surface area contributed by atoms with Gasteiger partial charge in [-0.05, 0) is 28.9 Å². The van der Waals surface area contributed by atoms with E-state index in [-0.39, 0.29) is 11.3 Å². The molecule has 0 saturated heterocycles. The number of amides is 1. The van der Waals surface area contributed by atoms with Crippen LogP contribution in [0.15, 0.2) is 24.3 Å². The zero-order valence-electron chi connectivity index (χ0n) is 9.29. The molecule has 2 nitrogen and oxygen atoms in total. The second kappa shape index (κ2) is 3.37. The van der Waals surface area contributed by atoms with Crippen molar-refractivity contribution in [1.82, 2.24) is 0 Å². The molecular weight excluding hydrogens is 186 g/mol. The van der Waals surface area contributed by atoms with Gasteiger partial charge in [0.2, 0.25) is 5.91 Å². The molecule has 1 aromatic rings. The molecule has 2 heteroatoms. The van der Waals surface area contributed by atoms with E-state index in [4.69, 9.17) is 5.73 Å². The maximum Gasteiger partial charge on any atom is 0.218 e. The molecule has 1 unspecified atom stereocenters. The minimum Gasteiger partial charge on any atom is -0.370 e. The van der Waals surface area contributed by atoms with Crippen LogP contribution in [-0.4, -0.2) is 5.91 Å². The molecule has 0 heterocycles. The van der Waals surface area contributed by atoms with Crippen LogP contribution in [0.1, 0.15) is 43.7 Å². The van der Waals surface area contributed by atoms with Crippen LogP contribution in [0, 0.1) is 0 Å². The van der Waals surface area contributed by atoms with Gasteiger partial charge in [-0.3, -0.25) is 4.79 Å². The average Bonchev–Trinajstić information content (AvgIpc) is 2.39. The lowest BCUT2D eigenvalue weighted by Crippen LogP contribution is -2.16. The first-order valence-corrected chi connectivity index (χ1v) is 5.38. The van der Waals surface area contributed by atoms with Crippen LogP contribution in [0.4, 0.5) is 0 Å². The number of nitrogens with two attached hydrogens (primary N) is 1. The van der Waals surface area contributed by atoms with Crippen molar-refractivity contribution >= 4 is 5.91 Å². The first kappa shape index (κ1) is 10.2. The summed E-state index contributed by atoms with van der Waals surface area (Å²) >= 11 is 0. The molecule has 1 aromatic carbocycles. The van der Waals surface area contributed by atoms with Gasteiger partial charge in [-0.25, -0.2) is 0 Å². The minimum atomic E-state index is -0.201. The molecule has 0 saturated carbocycles. The molecule has 2 N–H and O–H groups in total. The van der Waals surface area contributed by atoms with Crippen molar-refractivity contribution in [2.45, 2.75) is 38.0 Å². The fourth-order valence-electron chi connectivity index (χ4n) is 2.73. The van der Waals surface area contributed by atoms with Crippen molar-refractivity contribution in [2.75, 3.05) is 0 Å². The quantitative estimate of drug-likeness (QED) is 0.787. The molecule has 0 fully saturated rings. The Bertz CT molecular complexity index is 395. The molecular formula is C13H17NO. The van der Waals surface area contributed by atoms with Crippen molar-refractivity contribution in [2.24, 2.45) is 5.73 Å². The molecule has 1 aliphatic carbocycles. The number of benzene rings is 1. The molecule has 0 spiro atoms. The lowest BCUT2D eigenvalue weighted by atomic mass is 9.86. The minimum absolute atomic E-state index is 0.177. The van der Waals surface area contributed by atoms with Gasteiger partial charge in [-0.15, -0.1) is 0 Å². The van der Waals surface area contributed by atoms with Crippen LogP contribution < -0.4 is 5.73 Å². The highest BCUT2D eigenvalue weighted by Crippen LogP contribution is 2.46. The second-order valence-electron chi connectivity index (χ2n) is 5.04. The lowest BCUT2D eigenvalue weighted by molar-refractivity contribution is -0.118. The summed E-state index contributed by atoms with van der Waals surface area (Å²) in [6, 6.07) is 8.38. The first-order chi connectivity index (χ1) is 7.00. The van der Waals surface area contributed by atoms with Crippen LogP contribution in [0.5, 0.6) is 0 Å². The van der Waals surface area contributed by atoms with E-state index in [1.165, 1.54) is 11.1 Å². The van der Waals surface area contributed by atoms with E-state index in [0.29, 0.717) is 12.3 Å². The monoisotopic (exact) mass is 203 g/mol. The summed E-state index contributed by atoms with van der Waals surface area (Å²) in [5, 5.41) is 0. The SMILES string of the molecule is CC1(C)CC(CC(N)=O)c2ccccc21. The molecule has 2 rings (SSSR count). The van der Waals surface area contributed by atoms with Gasteiger partial charge in [0.05, 0.1) is 0 Å². The predicted octanol–water partition coefficient (Wildman–Crippen LogP) is 2.33. The molecule has 1 atom stereocenters. The maximum atomic E-state index is 11.0. The number of carbonyl (C=O) groups excluding carboxylic acids is 1. The number of fused-ring (bicyclic) bond motifs is 1. The van der Waals surface area contributed by atoms with E-state index in [1.54, 1.807) is 0 Å². The summed E-state index contributed by atoms with van der Waals surface area (Å²) in [7, 11) is 0. The molecule has 15 heavy (non-hydrogen) atoms. The zero-order valence-corrected chi connectivity index (χ0v) is 9.29. The molecule has 1 amide bonds. The van der Waals surface area contributed by atoms with Crippen LogP contribution in [-0.2, 0) is 10.2 Å². The van der Waals surface area contributed by atoms with E-state index in [9.17, 15) is 4.79 Å². The highest BCUT2D eigenvalue weighted by atomic mass is 16.1. The highest BCUT2D eigenvalue weighted by molar-refractivity contribution is 5.75. The topological polar surface area (TPSA) is 43.1 Å². The van der Waals surface area contributed by atoms with E-state index < -0.39 is 0 Å². The van der Waals surface area contributed by atoms with Crippen molar-refractivity contribution in [3.8, 4) is 0 Å². The largest absolute Gasteiger partial charge is 0.370 e. The third-order valence-corrected chi connectivity index (χ3v) is 3.33. The molecule has 0 radical (unpaired) electrons. The van der Waals surface area contributed by atoms with Crippen LogP contribution in [0.25, 0.3) is 0 Å². The van der Waals surface area contributed by atoms with E-state index in [0.717, 1.165) is 6.42 Å². The number of rotatable bonds is 2. The summed E-state index contributed by atoms with van der Waals surface area (Å²) in [6.45, 7) is 4.46. The van der Waals surface area contributed by atoms with E-state index in [1.807, 2.05) is 6.07 Å². The van der Waals surface area contributed by atoms with E-state index in [2.05, 4.69) is 32.0 Å². The van der Waals surface area contributed by atoms with E-state index >= 15 is 0 Å². The smallest absolute Gasteiger partial charge is 0.218 e. The third-order valence-electron chi connectivity index (χ3n) is 3.33. The Morgan fingerprint density at radius 3 is 2.80 bits per heavy atom. The first-order valence-electron chi connectivity index (χ1n) is 5.38. The lowest BCUT2D eigenvalue weighted by Gasteiger charge is -2.18. The van der Waals surface area contributed by atoms with Gasteiger partial charge in [-0.1, -0.05) is 38.1 Å². The van der Waals surface area contributed by atoms with Crippen LogP contribution in [0.2, 0.25) is 0 Å². The number of carbonyl (C=O) groups is 1. The van der Waals surface area contributed by atoms with Crippen molar-refractivity contribution < 1.29 is 4.79 Å². The van der Waals surface area contributed by atoms with Gasteiger partial charge in [0.25, 0.3) is 0 Å². The summed E-state index contributed by atoms with van der Waals surface area (Å²) < 4.78 is 0. The standard InChI is InChI=1S/C13H17NO/c1-13(2)8-9(7-12(14)15)10-5-3-4-6-11(10)13/h3-6,9H,7-8H2,1-2H3,(H2,14,15). The van der Waals surface area contributed by atoms with Gasteiger partial charge in [-0.2, -0.15) is 0 Å². The third kappa shape index (κ3) is 1.76. The number of hydrogen-bond acceptors (Lipinski definition) is 1. The molecule has 0 bridgehead atoms. The fourth-order valence-corrected chi connectivity index (χ4v) is 2.73. The normalized spacial score (nSPS) is 22.4. The summed E-state index contributed by atoms with van der Waals surface area (Å²) in [6.07, 6.45) is 1.50. The van der Waals surface area contributed by atoms with Crippen LogP contribution >= 0.6 is 0 Å². The molecule has 0 aliphatic heterocycles. The number of primary amides is 1. The Morgan fingerprint density at radius 1 is 1.47 bits per heavy atom. The summed E-state index contributed by atoms with van der Waals surface area (Å²) in [5.41, 5.74) is 8.13. The summed E-state index contributed by atoms with van der Waals surface area (Å²) in [5.74, 6) is 0.112. The molecule has 1 aliphatic rings. The Labute approximate surface area is 90.5 Å². The average molecular weight is 203 g/mol. The molecule has 0 aromatic heterocycles. The molecule has 80 valence electrons. The van der Waals surface area contributed by atoms with Gasteiger partial charge >= 0.3 is 0 Å². The summed E-state index contributed by atoms with van der Waals surface area (Å²) in [4.78, 5) is 11.0. The fraction of sp³-hybridized carbons (Fsp3) is 0.462. The van der Waals surface area contributed by atoms with Gasteiger partial charge in [0, 0.05) is 6.42 Å². The van der Waals surface area contributed by atoms with Gasteiger partial charge < -0.3 is 5.73 Å². The van der Waals surface area contributed by atoms with Crippen LogP contribution in [0.3, 0.4) is 0 Å². The maximum absolute atomic E-state index is 11.0. The van der Waals surface area contributed by atoms with Gasteiger partial charge in [0.1, 0.15) is 0 Å².